The molecule has 3 N–H and O–H groups in total. The molecule has 0 fully saturated rings. The molecule has 2 rings (SSSR count). The number of aromatic nitrogens is 1. The molecule has 5 heteroatoms. The third-order valence-corrected chi connectivity index (χ3v) is 2.90. The van der Waals surface area contributed by atoms with E-state index in [1.54, 1.807) is 23.9 Å². The van der Waals surface area contributed by atoms with Crippen molar-refractivity contribution in [1.82, 2.24) is 9.88 Å². The molecule has 106 valence electrons. The average Bonchev–Trinajstić information content (AvgIpc) is 2.74. The van der Waals surface area contributed by atoms with Gasteiger partial charge >= 0.3 is 0 Å². The predicted molar refractivity (Wildman–Crippen MR) is 78.8 cm³/mol. The van der Waals surface area contributed by atoms with Crippen molar-refractivity contribution in [2.24, 2.45) is 7.05 Å². The van der Waals surface area contributed by atoms with Gasteiger partial charge in [0.25, 0.3) is 5.91 Å². The van der Waals surface area contributed by atoms with Crippen molar-refractivity contribution < 1.29 is 9.53 Å². The summed E-state index contributed by atoms with van der Waals surface area (Å²) in [6, 6.07) is 9.45. The number of carbonyl (C=O) groups is 1. The minimum atomic E-state index is -0.156. The molecule has 1 aromatic heterocycles. The topological polar surface area (TPSA) is 69.3 Å². The fourth-order valence-corrected chi connectivity index (χ4v) is 1.94. The van der Waals surface area contributed by atoms with E-state index in [9.17, 15) is 4.79 Å². The Hall–Kier alpha value is -2.43. The molecule has 0 unspecified atom stereocenters. The highest BCUT2D eigenvalue weighted by molar-refractivity contribution is 5.93. The summed E-state index contributed by atoms with van der Waals surface area (Å²) in [6.45, 7) is 2.88. The summed E-state index contributed by atoms with van der Waals surface area (Å²) in [5.41, 5.74) is 7.90. The standard InChI is InChI=1S/C15H19N3O2/c1-11-4-3-5-13(8-11)20-7-6-17-15(19)14-9-12(16)10-18(14)2/h3-5,8-10H,6-7,16H2,1-2H3,(H,17,19). The van der Waals surface area contributed by atoms with Crippen molar-refractivity contribution in [2.45, 2.75) is 6.92 Å². The van der Waals surface area contributed by atoms with Crippen molar-refractivity contribution in [3.8, 4) is 5.75 Å². The minimum absolute atomic E-state index is 0.156. The highest BCUT2D eigenvalue weighted by Gasteiger charge is 2.09. The summed E-state index contributed by atoms with van der Waals surface area (Å²) in [5.74, 6) is 0.652. The summed E-state index contributed by atoms with van der Waals surface area (Å²) < 4.78 is 7.26. The average molecular weight is 273 g/mol. The Balaban J connectivity index is 1.79. The summed E-state index contributed by atoms with van der Waals surface area (Å²) in [5, 5.41) is 2.80. The number of nitrogens with one attached hydrogen (secondary N) is 1. The minimum Gasteiger partial charge on any atom is -0.492 e. The molecule has 2 aromatic rings. The van der Waals surface area contributed by atoms with Crippen LogP contribution in [0.25, 0.3) is 0 Å². The number of benzene rings is 1. The van der Waals surface area contributed by atoms with Gasteiger partial charge in [-0.2, -0.15) is 0 Å². The molecule has 0 atom stereocenters. The largest absolute Gasteiger partial charge is 0.492 e. The van der Waals surface area contributed by atoms with Crippen LogP contribution >= 0.6 is 0 Å². The Kier molecular flexibility index (Phi) is 4.30. The quantitative estimate of drug-likeness (QED) is 0.815. The van der Waals surface area contributed by atoms with Crippen molar-refractivity contribution in [3.63, 3.8) is 0 Å². The Labute approximate surface area is 118 Å². The van der Waals surface area contributed by atoms with Crippen LogP contribution in [-0.4, -0.2) is 23.6 Å². The van der Waals surface area contributed by atoms with E-state index in [-0.39, 0.29) is 5.91 Å². The number of rotatable bonds is 5. The third kappa shape index (κ3) is 3.54. The first-order valence-electron chi connectivity index (χ1n) is 6.46. The number of nitrogens with zero attached hydrogens (tertiary/aromatic N) is 1. The van der Waals surface area contributed by atoms with Gasteiger partial charge < -0.3 is 20.4 Å². The normalized spacial score (nSPS) is 10.3. The fraction of sp³-hybridized carbons (Fsp3) is 0.267. The Bertz CT molecular complexity index is 605. The monoisotopic (exact) mass is 273 g/mol. The van der Waals surface area contributed by atoms with Gasteiger partial charge in [-0.15, -0.1) is 0 Å². The van der Waals surface area contributed by atoms with Gasteiger partial charge in [-0.25, -0.2) is 0 Å². The number of hydrogen-bond donors (Lipinski definition) is 2. The van der Waals surface area contributed by atoms with E-state index >= 15 is 0 Å². The van der Waals surface area contributed by atoms with Crippen molar-refractivity contribution in [3.05, 3.63) is 47.8 Å². The first-order valence-corrected chi connectivity index (χ1v) is 6.46. The fourth-order valence-electron chi connectivity index (χ4n) is 1.94. The van der Waals surface area contributed by atoms with Crippen molar-refractivity contribution in [2.75, 3.05) is 18.9 Å². The summed E-state index contributed by atoms with van der Waals surface area (Å²) in [6.07, 6.45) is 1.71. The SMILES string of the molecule is Cc1cccc(OCCNC(=O)c2cc(N)cn2C)c1. The van der Waals surface area contributed by atoms with Gasteiger partial charge in [0, 0.05) is 13.2 Å². The van der Waals surface area contributed by atoms with Crippen molar-refractivity contribution >= 4 is 11.6 Å². The van der Waals surface area contributed by atoms with Crippen LogP contribution in [-0.2, 0) is 7.05 Å². The van der Waals surface area contributed by atoms with Crippen LogP contribution in [0, 0.1) is 6.92 Å². The van der Waals surface area contributed by atoms with Gasteiger partial charge in [0.2, 0.25) is 0 Å². The van der Waals surface area contributed by atoms with Crippen LogP contribution in [0.3, 0.4) is 0 Å². The lowest BCUT2D eigenvalue weighted by Gasteiger charge is -2.08. The molecular formula is C15H19N3O2. The lowest BCUT2D eigenvalue weighted by atomic mass is 10.2. The molecule has 0 bridgehead atoms. The summed E-state index contributed by atoms with van der Waals surface area (Å²) in [7, 11) is 1.79. The molecule has 1 heterocycles. The van der Waals surface area contributed by atoms with Crippen LogP contribution in [0.1, 0.15) is 16.1 Å². The van der Waals surface area contributed by atoms with Gasteiger partial charge in [-0.05, 0) is 30.7 Å². The maximum atomic E-state index is 11.9. The highest BCUT2D eigenvalue weighted by Crippen LogP contribution is 2.12. The smallest absolute Gasteiger partial charge is 0.268 e. The number of hydrogen-bond acceptors (Lipinski definition) is 3. The molecule has 0 spiro atoms. The number of carbonyl (C=O) groups excluding carboxylic acids is 1. The number of amides is 1. The second kappa shape index (κ2) is 6.14. The van der Waals surface area contributed by atoms with Crippen LogP contribution in [0.5, 0.6) is 5.75 Å². The molecule has 0 aliphatic rings. The zero-order valence-electron chi connectivity index (χ0n) is 11.7. The van der Waals surface area contributed by atoms with Crippen LogP contribution in [0.2, 0.25) is 0 Å². The maximum Gasteiger partial charge on any atom is 0.268 e. The molecule has 0 saturated carbocycles. The molecule has 0 aliphatic carbocycles. The molecular weight excluding hydrogens is 254 g/mol. The first kappa shape index (κ1) is 14.0. The van der Waals surface area contributed by atoms with E-state index in [1.165, 1.54) is 0 Å². The molecule has 5 nitrogen and oxygen atoms in total. The van der Waals surface area contributed by atoms with E-state index in [2.05, 4.69) is 5.32 Å². The van der Waals surface area contributed by atoms with E-state index in [1.807, 2.05) is 31.2 Å². The maximum absolute atomic E-state index is 11.9. The van der Waals surface area contributed by atoms with Crippen LogP contribution in [0.4, 0.5) is 5.69 Å². The van der Waals surface area contributed by atoms with Gasteiger partial charge in [0.15, 0.2) is 0 Å². The lowest BCUT2D eigenvalue weighted by molar-refractivity contribution is 0.0939. The number of anilines is 1. The molecule has 0 aliphatic heterocycles. The van der Waals surface area contributed by atoms with Crippen LogP contribution in [0.15, 0.2) is 36.5 Å². The van der Waals surface area contributed by atoms with Gasteiger partial charge in [-0.1, -0.05) is 12.1 Å². The molecule has 20 heavy (non-hydrogen) atoms. The zero-order valence-corrected chi connectivity index (χ0v) is 11.7. The third-order valence-electron chi connectivity index (χ3n) is 2.90. The van der Waals surface area contributed by atoms with E-state index in [0.717, 1.165) is 11.3 Å². The number of nitrogen functional groups attached to an aromatic ring is 1. The van der Waals surface area contributed by atoms with E-state index in [0.29, 0.717) is 24.5 Å². The summed E-state index contributed by atoms with van der Waals surface area (Å²) in [4.78, 5) is 11.9. The predicted octanol–water partition coefficient (Wildman–Crippen LogP) is 1.72. The molecule has 1 amide bonds. The van der Waals surface area contributed by atoms with Gasteiger partial charge in [0.05, 0.1) is 12.2 Å². The van der Waals surface area contributed by atoms with Crippen LogP contribution < -0.4 is 15.8 Å². The van der Waals surface area contributed by atoms with Gasteiger partial charge in [-0.3, -0.25) is 4.79 Å². The molecule has 1 aromatic carbocycles. The number of ether oxygens (including phenoxy) is 1. The second-order valence-electron chi connectivity index (χ2n) is 4.69. The Morgan fingerprint density at radius 3 is 2.85 bits per heavy atom. The van der Waals surface area contributed by atoms with E-state index in [4.69, 9.17) is 10.5 Å². The second-order valence-corrected chi connectivity index (χ2v) is 4.69. The Morgan fingerprint density at radius 2 is 2.20 bits per heavy atom. The number of nitrogens with two attached hydrogens (primary N) is 1. The van der Waals surface area contributed by atoms with Gasteiger partial charge in [0.1, 0.15) is 18.1 Å². The molecule has 0 saturated heterocycles. The number of aryl methyl sites for hydroxylation is 2. The zero-order chi connectivity index (χ0) is 14.5. The summed E-state index contributed by atoms with van der Waals surface area (Å²) >= 11 is 0. The first-order chi connectivity index (χ1) is 9.56. The molecule has 0 radical (unpaired) electrons. The van der Waals surface area contributed by atoms with E-state index < -0.39 is 0 Å². The van der Waals surface area contributed by atoms with Crippen molar-refractivity contribution in [1.29, 1.82) is 0 Å². The highest BCUT2D eigenvalue weighted by atomic mass is 16.5. The Morgan fingerprint density at radius 1 is 1.40 bits per heavy atom. The lowest BCUT2D eigenvalue weighted by Crippen LogP contribution is -2.29.